The first-order valence-electron chi connectivity index (χ1n) is 6.60. The van der Waals surface area contributed by atoms with Gasteiger partial charge in [-0.25, -0.2) is 0 Å². The summed E-state index contributed by atoms with van der Waals surface area (Å²) in [6.07, 6.45) is 3.48. The van der Waals surface area contributed by atoms with Crippen molar-refractivity contribution in [2.75, 3.05) is 18.1 Å². The van der Waals surface area contributed by atoms with Crippen LogP contribution in [0.2, 0.25) is 0 Å². The predicted octanol–water partition coefficient (Wildman–Crippen LogP) is 2.02. The second-order valence-corrected chi connectivity index (χ2v) is 6.38. The predicted molar refractivity (Wildman–Crippen MR) is 69.3 cm³/mol. The average molecular weight is 258 g/mol. The van der Waals surface area contributed by atoms with E-state index in [1.165, 1.54) is 0 Å². The van der Waals surface area contributed by atoms with Crippen LogP contribution >= 0.6 is 11.8 Å². The van der Waals surface area contributed by atoms with E-state index in [2.05, 4.69) is 0 Å². The third kappa shape index (κ3) is 3.04. The molecular formula is C13H22O3S. The number of aliphatic hydroxyl groups excluding tert-OH is 1. The van der Waals surface area contributed by atoms with Gasteiger partial charge in [-0.15, -0.1) is 0 Å². The molecule has 2 fully saturated rings. The number of thioether (sulfide) groups is 1. The van der Waals surface area contributed by atoms with E-state index < -0.39 is 6.10 Å². The molecule has 0 saturated carbocycles. The molecule has 2 heterocycles. The minimum Gasteiger partial charge on any atom is -0.385 e. The molecule has 0 amide bonds. The highest BCUT2D eigenvalue weighted by molar-refractivity contribution is 7.99. The van der Waals surface area contributed by atoms with Crippen LogP contribution in [0.5, 0.6) is 0 Å². The second-order valence-electron chi connectivity index (χ2n) is 5.16. The highest BCUT2D eigenvalue weighted by Crippen LogP contribution is 2.40. The van der Waals surface area contributed by atoms with Crippen LogP contribution < -0.4 is 0 Å². The summed E-state index contributed by atoms with van der Waals surface area (Å²) in [5, 5.41) is 9.67. The molecule has 2 rings (SSSR count). The molecule has 4 heteroatoms. The highest BCUT2D eigenvalue weighted by atomic mass is 32.2. The van der Waals surface area contributed by atoms with Crippen LogP contribution in [0.3, 0.4) is 0 Å². The lowest BCUT2D eigenvalue weighted by Gasteiger charge is -2.43. The van der Waals surface area contributed by atoms with Gasteiger partial charge in [0.15, 0.2) is 5.78 Å². The molecular weight excluding hydrogens is 236 g/mol. The zero-order valence-corrected chi connectivity index (χ0v) is 11.3. The minimum atomic E-state index is -0.770. The van der Waals surface area contributed by atoms with Gasteiger partial charge in [0, 0.05) is 12.5 Å². The standard InChI is InChI=1S/C13H22O3S/c1-2-11(14)12(15)10-3-6-16-13(9-10)4-7-17-8-5-13/h10-11,14H,2-9H2,1H3. The van der Waals surface area contributed by atoms with Crippen LogP contribution in [0.1, 0.15) is 39.0 Å². The first-order valence-corrected chi connectivity index (χ1v) is 7.76. The number of rotatable bonds is 3. The van der Waals surface area contributed by atoms with Crippen LogP contribution in [0.15, 0.2) is 0 Å². The van der Waals surface area contributed by atoms with Crippen molar-refractivity contribution >= 4 is 17.5 Å². The molecule has 0 bridgehead atoms. The number of Topliss-reactive ketones (excluding diaryl/α,β-unsaturated/α-hetero) is 1. The topological polar surface area (TPSA) is 46.5 Å². The van der Waals surface area contributed by atoms with Crippen LogP contribution in [0.4, 0.5) is 0 Å². The van der Waals surface area contributed by atoms with Gasteiger partial charge >= 0.3 is 0 Å². The Labute approximate surface area is 107 Å². The molecule has 2 aliphatic rings. The van der Waals surface area contributed by atoms with Gasteiger partial charge < -0.3 is 9.84 Å². The monoisotopic (exact) mass is 258 g/mol. The van der Waals surface area contributed by atoms with E-state index in [0.29, 0.717) is 13.0 Å². The van der Waals surface area contributed by atoms with Crippen molar-refractivity contribution in [2.45, 2.75) is 50.7 Å². The highest BCUT2D eigenvalue weighted by Gasteiger charge is 2.41. The Morgan fingerprint density at radius 2 is 2.24 bits per heavy atom. The summed E-state index contributed by atoms with van der Waals surface area (Å²) in [7, 11) is 0. The third-order valence-electron chi connectivity index (χ3n) is 4.01. The number of aliphatic hydroxyl groups is 1. The summed E-state index contributed by atoms with van der Waals surface area (Å²) < 4.78 is 5.95. The fourth-order valence-electron chi connectivity index (χ4n) is 2.84. The van der Waals surface area contributed by atoms with Gasteiger partial charge in [-0.05, 0) is 43.6 Å². The van der Waals surface area contributed by atoms with Gasteiger partial charge in [0.1, 0.15) is 6.10 Å². The lowest BCUT2D eigenvalue weighted by Crippen LogP contribution is -2.46. The molecule has 17 heavy (non-hydrogen) atoms. The summed E-state index contributed by atoms with van der Waals surface area (Å²) >= 11 is 1.97. The summed E-state index contributed by atoms with van der Waals surface area (Å²) in [4.78, 5) is 12.0. The van der Waals surface area contributed by atoms with E-state index in [1.807, 2.05) is 18.7 Å². The largest absolute Gasteiger partial charge is 0.385 e. The number of carbonyl (C=O) groups excluding carboxylic acids is 1. The van der Waals surface area contributed by atoms with Crippen LogP contribution in [0.25, 0.3) is 0 Å². The maximum Gasteiger partial charge on any atom is 0.164 e. The smallest absolute Gasteiger partial charge is 0.164 e. The summed E-state index contributed by atoms with van der Waals surface area (Å²) in [5.41, 5.74) is -0.0582. The molecule has 0 aromatic heterocycles. The number of ether oxygens (including phenoxy) is 1. The average Bonchev–Trinajstić information content (AvgIpc) is 2.38. The van der Waals surface area contributed by atoms with Gasteiger partial charge in [-0.1, -0.05) is 6.92 Å². The Bertz CT molecular complexity index is 268. The van der Waals surface area contributed by atoms with Gasteiger partial charge in [0.2, 0.25) is 0 Å². The van der Waals surface area contributed by atoms with E-state index in [4.69, 9.17) is 4.74 Å². The van der Waals surface area contributed by atoms with Crippen LogP contribution in [-0.4, -0.2) is 40.7 Å². The van der Waals surface area contributed by atoms with Crippen molar-refractivity contribution in [1.29, 1.82) is 0 Å². The van der Waals surface area contributed by atoms with E-state index in [9.17, 15) is 9.90 Å². The maximum absolute atomic E-state index is 12.0. The molecule has 0 radical (unpaired) electrons. The quantitative estimate of drug-likeness (QED) is 0.841. The van der Waals surface area contributed by atoms with Crippen molar-refractivity contribution in [2.24, 2.45) is 5.92 Å². The maximum atomic E-state index is 12.0. The molecule has 0 aliphatic carbocycles. The molecule has 2 saturated heterocycles. The van der Waals surface area contributed by atoms with Gasteiger partial charge in [-0.3, -0.25) is 4.79 Å². The number of hydrogen-bond donors (Lipinski definition) is 1. The first kappa shape index (κ1) is 13.4. The molecule has 2 unspecified atom stereocenters. The third-order valence-corrected chi connectivity index (χ3v) is 5.00. The Hall–Kier alpha value is -0.0600. The number of hydrogen-bond acceptors (Lipinski definition) is 4. The molecule has 98 valence electrons. The Morgan fingerprint density at radius 3 is 2.88 bits per heavy atom. The first-order chi connectivity index (χ1) is 8.17. The SMILES string of the molecule is CCC(O)C(=O)C1CCOC2(CCSCC2)C1. The van der Waals surface area contributed by atoms with Gasteiger partial charge in [0.25, 0.3) is 0 Å². The second kappa shape index (κ2) is 5.72. The van der Waals surface area contributed by atoms with Gasteiger partial charge in [0.05, 0.1) is 5.60 Å². The Kier molecular flexibility index (Phi) is 4.50. The molecule has 1 N–H and O–H groups in total. The molecule has 2 aliphatic heterocycles. The van der Waals surface area contributed by atoms with E-state index in [0.717, 1.165) is 37.2 Å². The summed E-state index contributed by atoms with van der Waals surface area (Å²) in [5.74, 6) is 2.32. The molecule has 0 aromatic rings. The number of carbonyl (C=O) groups is 1. The van der Waals surface area contributed by atoms with Crippen molar-refractivity contribution in [1.82, 2.24) is 0 Å². The normalized spacial score (nSPS) is 30.1. The summed E-state index contributed by atoms with van der Waals surface area (Å²) in [6, 6.07) is 0. The van der Waals surface area contributed by atoms with E-state index in [1.54, 1.807) is 0 Å². The fourth-order valence-corrected chi connectivity index (χ4v) is 4.07. The molecule has 3 nitrogen and oxygen atoms in total. The summed E-state index contributed by atoms with van der Waals surface area (Å²) in [6.45, 7) is 2.53. The zero-order valence-electron chi connectivity index (χ0n) is 10.5. The van der Waals surface area contributed by atoms with Crippen molar-refractivity contribution < 1.29 is 14.6 Å². The Morgan fingerprint density at radius 1 is 1.53 bits per heavy atom. The fraction of sp³-hybridized carbons (Fsp3) is 0.923. The van der Waals surface area contributed by atoms with Crippen molar-refractivity contribution in [3.63, 3.8) is 0 Å². The molecule has 0 aromatic carbocycles. The van der Waals surface area contributed by atoms with Crippen LogP contribution in [-0.2, 0) is 9.53 Å². The van der Waals surface area contributed by atoms with E-state index >= 15 is 0 Å². The molecule has 2 atom stereocenters. The zero-order chi connectivity index (χ0) is 12.3. The van der Waals surface area contributed by atoms with Crippen molar-refractivity contribution in [3.05, 3.63) is 0 Å². The molecule has 1 spiro atoms. The Balaban J connectivity index is 1.98. The number of ketones is 1. The van der Waals surface area contributed by atoms with Gasteiger partial charge in [-0.2, -0.15) is 11.8 Å². The van der Waals surface area contributed by atoms with E-state index in [-0.39, 0.29) is 17.3 Å². The van der Waals surface area contributed by atoms with Crippen molar-refractivity contribution in [3.8, 4) is 0 Å². The lowest BCUT2D eigenvalue weighted by molar-refractivity contribution is -0.145. The minimum absolute atomic E-state index is 0.0156. The lowest BCUT2D eigenvalue weighted by atomic mass is 9.79. The van der Waals surface area contributed by atoms with Crippen LogP contribution in [0, 0.1) is 5.92 Å².